The van der Waals surface area contributed by atoms with E-state index in [2.05, 4.69) is 15.6 Å². The fourth-order valence-corrected chi connectivity index (χ4v) is 2.84. The number of para-hydroxylation sites is 1. The maximum Gasteiger partial charge on any atom is 0.326 e. The number of rotatable bonds is 10. The second-order valence-electron chi connectivity index (χ2n) is 6.37. The summed E-state index contributed by atoms with van der Waals surface area (Å²) >= 11 is 0. The van der Waals surface area contributed by atoms with Crippen LogP contribution in [0.3, 0.4) is 0 Å². The molecule has 147 valence electrons. The molecule has 0 aliphatic rings. The van der Waals surface area contributed by atoms with E-state index >= 15 is 0 Å². The highest BCUT2D eigenvalue weighted by molar-refractivity contribution is 6.39. The number of carboxylic acids is 1. The number of nitrogens with two attached hydrogens (primary N) is 1. The number of amides is 3. The number of carbonyl (C=O) groups is 4. The molecule has 0 bridgehead atoms. The Morgan fingerprint density at radius 1 is 1.18 bits per heavy atom. The first-order valence-electron chi connectivity index (χ1n) is 8.75. The Morgan fingerprint density at radius 2 is 1.89 bits per heavy atom. The summed E-state index contributed by atoms with van der Waals surface area (Å²) in [5, 5.41) is 15.0. The molecule has 1 aromatic heterocycles. The number of aliphatic carboxylic acids is 1. The number of H-pyrrole nitrogens is 1. The van der Waals surface area contributed by atoms with Gasteiger partial charge in [-0.05, 0) is 17.9 Å². The second-order valence-corrected chi connectivity index (χ2v) is 6.37. The number of aromatic nitrogens is 1. The molecule has 0 aliphatic heterocycles. The molecule has 0 unspecified atom stereocenters. The molecule has 3 amide bonds. The highest BCUT2D eigenvalue weighted by atomic mass is 16.4. The first-order valence-corrected chi connectivity index (χ1v) is 8.75. The maximum atomic E-state index is 12.7. The Bertz CT molecular complexity index is 882. The van der Waals surface area contributed by atoms with Crippen LogP contribution in [0, 0.1) is 0 Å². The number of hydrogen-bond donors (Lipinski definition) is 5. The topological polar surface area (TPSA) is 154 Å². The van der Waals surface area contributed by atoms with Gasteiger partial charge in [0.15, 0.2) is 0 Å². The van der Waals surface area contributed by atoms with Crippen LogP contribution in [0.1, 0.15) is 12.0 Å². The molecule has 0 saturated carbocycles. The molecule has 0 aliphatic carbocycles. The number of fused-ring (bicyclic) bond motifs is 1. The molecule has 9 nitrogen and oxygen atoms in total. The average Bonchev–Trinajstić information content (AvgIpc) is 3.03. The van der Waals surface area contributed by atoms with Gasteiger partial charge in [-0.15, -0.1) is 0 Å². The summed E-state index contributed by atoms with van der Waals surface area (Å²) in [5.41, 5.74) is 6.71. The van der Waals surface area contributed by atoms with E-state index in [-0.39, 0.29) is 18.6 Å². The minimum Gasteiger partial charge on any atom is -0.480 e. The number of benzene rings is 1. The van der Waals surface area contributed by atoms with Gasteiger partial charge in [-0.25, -0.2) is 4.79 Å². The van der Waals surface area contributed by atoms with Gasteiger partial charge in [-0.3, -0.25) is 14.4 Å². The molecule has 1 radical (unpaired) electrons. The number of primary amides is 1. The van der Waals surface area contributed by atoms with Gasteiger partial charge in [0, 0.05) is 23.5 Å². The van der Waals surface area contributed by atoms with Crippen LogP contribution in [-0.4, -0.2) is 53.1 Å². The summed E-state index contributed by atoms with van der Waals surface area (Å²) in [5.74, 6) is -3.32. The molecule has 0 spiro atoms. The Hall–Kier alpha value is -3.30. The summed E-state index contributed by atoms with van der Waals surface area (Å²) in [6, 6.07) is 5.00. The molecule has 2 atom stereocenters. The molecule has 2 rings (SSSR count). The molecule has 1 aromatic carbocycles. The van der Waals surface area contributed by atoms with Gasteiger partial charge in [0.1, 0.15) is 19.4 Å². The Kier molecular flexibility index (Phi) is 7.19. The second kappa shape index (κ2) is 9.59. The van der Waals surface area contributed by atoms with Gasteiger partial charge in [0.2, 0.25) is 17.7 Å². The fourth-order valence-electron chi connectivity index (χ4n) is 2.84. The molecule has 28 heavy (non-hydrogen) atoms. The minimum atomic E-state index is -1.47. The van der Waals surface area contributed by atoms with Crippen molar-refractivity contribution in [1.29, 1.82) is 0 Å². The first-order chi connectivity index (χ1) is 13.3. The van der Waals surface area contributed by atoms with Crippen LogP contribution in [-0.2, 0) is 25.6 Å². The smallest absolute Gasteiger partial charge is 0.326 e. The third-order valence-corrected chi connectivity index (χ3v) is 4.16. The SMILES string of the molecule is C[B]CC(=O)N[C@@H](Cc1c[nH]c2ccccc12)C(=O)N[C@@H](CC(N)=O)C(=O)O. The lowest BCUT2D eigenvalue weighted by Gasteiger charge is -2.21. The van der Waals surface area contributed by atoms with Crippen molar-refractivity contribution in [2.75, 3.05) is 0 Å². The normalized spacial score (nSPS) is 12.8. The molecular formula is C18H22BN4O5. The standard InChI is InChI=1S/C18H22BN4O5/c1-19-8-16(25)22-13(17(26)23-14(18(27)28)7-15(20)24)6-10-9-21-12-5-3-2-4-11(10)12/h2-5,9,13-14,21H,6-8H2,1H3,(H2,20,24)(H,22,25)(H,23,26)(H,27,28)/t13-,14-/m0/s1. The van der Waals surface area contributed by atoms with E-state index in [1.54, 1.807) is 20.3 Å². The van der Waals surface area contributed by atoms with Crippen LogP contribution in [0.15, 0.2) is 30.5 Å². The van der Waals surface area contributed by atoms with Crippen molar-refractivity contribution in [3.05, 3.63) is 36.0 Å². The summed E-state index contributed by atoms with van der Waals surface area (Å²) in [4.78, 5) is 50.1. The van der Waals surface area contributed by atoms with Crippen molar-refractivity contribution in [1.82, 2.24) is 15.6 Å². The van der Waals surface area contributed by atoms with Gasteiger partial charge in [0.05, 0.1) is 6.42 Å². The predicted molar refractivity (Wildman–Crippen MR) is 104 cm³/mol. The van der Waals surface area contributed by atoms with Crippen LogP contribution in [0.4, 0.5) is 0 Å². The van der Waals surface area contributed by atoms with E-state index < -0.39 is 36.3 Å². The van der Waals surface area contributed by atoms with Crippen molar-refractivity contribution in [2.45, 2.75) is 38.1 Å². The number of carbonyl (C=O) groups excluding carboxylic acids is 3. The highest BCUT2D eigenvalue weighted by Crippen LogP contribution is 2.19. The van der Waals surface area contributed by atoms with Crippen LogP contribution >= 0.6 is 0 Å². The summed E-state index contributed by atoms with van der Waals surface area (Å²) < 4.78 is 0. The lowest BCUT2D eigenvalue weighted by molar-refractivity contribution is -0.143. The van der Waals surface area contributed by atoms with Gasteiger partial charge >= 0.3 is 5.97 Å². The van der Waals surface area contributed by atoms with E-state index in [9.17, 15) is 24.3 Å². The van der Waals surface area contributed by atoms with Crippen LogP contribution < -0.4 is 16.4 Å². The molecule has 0 saturated heterocycles. The zero-order chi connectivity index (χ0) is 20.7. The monoisotopic (exact) mass is 385 g/mol. The third-order valence-electron chi connectivity index (χ3n) is 4.16. The lowest BCUT2D eigenvalue weighted by Crippen LogP contribution is -2.53. The van der Waals surface area contributed by atoms with E-state index in [0.717, 1.165) is 16.5 Å². The summed E-state index contributed by atoms with van der Waals surface area (Å²) in [6.45, 7) is 1.71. The quantitative estimate of drug-likeness (QED) is 0.359. The molecule has 10 heteroatoms. The minimum absolute atomic E-state index is 0.112. The van der Waals surface area contributed by atoms with Crippen LogP contribution in [0.25, 0.3) is 10.9 Å². The van der Waals surface area contributed by atoms with Gasteiger partial charge < -0.3 is 26.5 Å². The van der Waals surface area contributed by atoms with Crippen molar-refractivity contribution in [3.63, 3.8) is 0 Å². The molecule has 2 aromatic rings. The summed E-state index contributed by atoms with van der Waals surface area (Å²) in [7, 11) is 1.64. The molecule has 6 N–H and O–H groups in total. The number of carboxylic acid groups (broad SMARTS) is 1. The lowest BCUT2D eigenvalue weighted by atomic mass is 9.78. The van der Waals surface area contributed by atoms with Crippen molar-refractivity contribution < 1.29 is 24.3 Å². The zero-order valence-electron chi connectivity index (χ0n) is 15.4. The van der Waals surface area contributed by atoms with Gasteiger partial charge in [0.25, 0.3) is 0 Å². The van der Waals surface area contributed by atoms with Gasteiger partial charge in [-0.2, -0.15) is 0 Å². The Balaban J connectivity index is 2.22. The van der Waals surface area contributed by atoms with E-state index in [1.165, 1.54) is 0 Å². The fraction of sp³-hybridized carbons (Fsp3) is 0.333. The Labute approximate surface area is 162 Å². The predicted octanol–water partition coefficient (Wildman–Crippen LogP) is -0.189. The number of hydrogen-bond acceptors (Lipinski definition) is 4. The molecule has 1 heterocycles. The van der Waals surface area contributed by atoms with E-state index in [0.29, 0.717) is 0 Å². The maximum absolute atomic E-state index is 12.7. The Morgan fingerprint density at radius 3 is 2.54 bits per heavy atom. The number of aromatic amines is 1. The molecular weight excluding hydrogens is 363 g/mol. The largest absolute Gasteiger partial charge is 0.480 e. The van der Waals surface area contributed by atoms with Gasteiger partial charge in [-0.1, -0.05) is 25.0 Å². The number of nitrogens with one attached hydrogen (secondary N) is 3. The van der Waals surface area contributed by atoms with Crippen molar-refractivity contribution in [2.24, 2.45) is 5.73 Å². The zero-order valence-corrected chi connectivity index (χ0v) is 15.4. The van der Waals surface area contributed by atoms with E-state index in [4.69, 9.17) is 5.73 Å². The van der Waals surface area contributed by atoms with Crippen molar-refractivity contribution in [3.8, 4) is 0 Å². The third kappa shape index (κ3) is 5.60. The highest BCUT2D eigenvalue weighted by Gasteiger charge is 2.28. The van der Waals surface area contributed by atoms with Crippen LogP contribution in [0.5, 0.6) is 0 Å². The average molecular weight is 385 g/mol. The first kappa shape index (κ1) is 21.0. The summed E-state index contributed by atoms with van der Waals surface area (Å²) in [6.07, 6.45) is 1.45. The van der Waals surface area contributed by atoms with Crippen molar-refractivity contribution >= 4 is 41.9 Å². The van der Waals surface area contributed by atoms with E-state index in [1.807, 2.05) is 24.3 Å². The van der Waals surface area contributed by atoms with Crippen LogP contribution in [0.2, 0.25) is 13.1 Å². The molecule has 0 fully saturated rings.